The number of nitrogen functional groups attached to an aromatic ring is 1. The lowest BCUT2D eigenvalue weighted by Crippen LogP contribution is -2.31. The third-order valence-electron chi connectivity index (χ3n) is 4.51. The molecule has 1 heterocycles. The summed E-state index contributed by atoms with van der Waals surface area (Å²) < 4.78 is 0. The molecule has 0 aliphatic carbocycles. The summed E-state index contributed by atoms with van der Waals surface area (Å²) in [5, 5.41) is 16.1. The molecule has 3 rings (SSSR count). The van der Waals surface area contributed by atoms with Gasteiger partial charge in [-0.15, -0.1) is 11.8 Å². The molecule has 0 saturated carbocycles. The molecule has 1 amide bonds. The number of thioether (sulfide) groups is 1. The predicted molar refractivity (Wildman–Crippen MR) is 120 cm³/mol. The lowest BCUT2D eigenvalue weighted by Gasteiger charge is -2.19. The van der Waals surface area contributed by atoms with Crippen LogP contribution >= 0.6 is 11.8 Å². The fourth-order valence-corrected chi connectivity index (χ4v) is 3.55. The van der Waals surface area contributed by atoms with Crippen molar-refractivity contribution in [1.82, 2.24) is 15.4 Å². The minimum Gasteiger partial charge on any atom is -0.394 e. The van der Waals surface area contributed by atoms with E-state index < -0.39 is 11.9 Å². The first kappa shape index (κ1) is 21.6. The number of carbonyl (C=O) groups is 1. The SMILES string of the molecule is CSc1ccc(Nc2ncc(C(=O)NN)c(NC(CO)c3ccccc3)n2)cc1C. The van der Waals surface area contributed by atoms with Crippen molar-refractivity contribution in [3.63, 3.8) is 0 Å². The highest BCUT2D eigenvalue weighted by atomic mass is 32.2. The molecule has 0 bridgehead atoms. The number of nitrogens with one attached hydrogen (secondary N) is 3. The van der Waals surface area contributed by atoms with Gasteiger partial charge in [0.15, 0.2) is 0 Å². The minimum absolute atomic E-state index is 0.173. The van der Waals surface area contributed by atoms with E-state index >= 15 is 0 Å². The molecular formula is C21H24N6O2S. The molecule has 0 fully saturated rings. The molecule has 1 atom stereocenters. The Labute approximate surface area is 179 Å². The van der Waals surface area contributed by atoms with Crippen LogP contribution in [-0.4, -0.2) is 33.8 Å². The topological polar surface area (TPSA) is 125 Å². The van der Waals surface area contributed by atoms with Crippen molar-refractivity contribution >= 4 is 35.1 Å². The fourth-order valence-electron chi connectivity index (χ4n) is 2.97. The van der Waals surface area contributed by atoms with E-state index in [-0.39, 0.29) is 18.0 Å². The smallest absolute Gasteiger partial charge is 0.270 e. The molecule has 1 unspecified atom stereocenters. The summed E-state index contributed by atoms with van der Waals surface area (Å²) in [7, 11) is 0. The normalized spacial score (nSPS) is 11.6. The average molecular weight is 425 g/mol. The molecule has 156 valence electrons. The van der Waals surface area contributed by atoms with Gasteiger partial charge < -0.3 is 15.7 Å². The molecule has 9 heteroatoms. The standard InChI is InChI=1S/C21H24N6O2S/c1-13-10-15(8-9-18(13)30-2)24-21-23-11-16(20(29)27-22)19(26-21)25-17(12-28)14-6-4-3-5-7-14/h3-11,17,28H,12,22H2,1-2H3,(H,27,29)(H2,23,24,25,26). The summed E-state index contributed by atoms with van der Waals surface area (Å²) in [6, 6.07) is 14.9. The summed E-state index contributed by atoms with van der Waals surface area (Å²) in [5.41, 5.74) is 5.09. The van der Waals surface area contributed by atoms with E-state index in [2.05, 4.69) is 26.0 Å². The lowest BCUT2D eigenvalue weighted by atomic mass is 10.1. The van der Waals surface area contributed by atoms with E-state index in [1.807, 2.05) is 61.7 Å². The molecule has 0 saturated heterocycles. The monoisotopic (exact) mass is 424 g/mol. The molecule has 6 N–H and O–H groups in total. The van der Waals surface area contributed by atoms with Crippen LogP contribution in [0.2, 0.25) is 0 Å². The molecule has 30 heavy (non-hydrogen) atoms. The lowest BCUT2D eigenvalue weighted by molar-refractivity contribution is 0.0953. The van der Waals surface area contributed by atoms with Crippen LogP contribution in [0.25, 0.3) is 0 Å². The first-order valence-electron chi connectivity index (χ1n) is 9.27. The van der Waals surface area contributed by atoms with Crippen molar-refractivity contribution in [3.8, 4) is 0 Å². The number of benzene rings is 2. The van der Waals surface area contributed by atoms with Crippen LogP contribution in [0.5, 0.6) is 0 Å². The summed E-state index contributed by atoms with van der Waals surface area (Å²) in [4.78, 5) is 22.1. The van der Waals surface area contributed by atoms with Crippen molar-refractivity contribution in [2.75, 3.05) is 23.5 Å². The van der Waals surface area contributed by atoms with Crippen LogP contribution in [0, 0.1) is 6.92 Å². The van der Waals surface area contributed by atoms with Crippen molar-refractivity contribution in [2.45, 2.75) is 17.9 Å². The Kier molecular flexibility index (Phi) is 7.23. The van der Waals surface area contributed by atoms with E-state index in [0.717, 1.165) is 16.8 Å². The van der Waals surface area contributed by atoms with Gasteiger partial charge >= 0.3 is 0 Å². The molecule has 0 spiro atoms. The molecular weight excluding hydrogens is 400 g/mol. The molecule has 3 aromatic rings. The van der Waals surface area contributed by atoms with E-state index in [9.17, 15) is 9.90 Å². The van der Waals surface area contributed by atoms with Gasteiger partial charge in [-0.05, 0) is 42.5 Å². The first-order valence-corrected chi connectivity index (χ1v) is 10.5. The highest BCUT2D eigenvalue weighted by molar-refractivity contribution is 7.98. The number of nitrogens with zero attached hydrogens (tertiary/aromatic N) is 2. The van der Waals surface area contributed by atoms with E-state index in [1.165, 1.54) is 11.1 Å². The van der Waals surface area contributed by atoms with Crippen LogP contribution in [0.15, 0.2) is 59.6 Å². The number of aromatic nitrogens is 2. The number of hydrazine groups is 1. The van der Waals surface area contributed by atoms with Crippen molar-refractivity contribution < 1.29 is 9.90 Å². The summed E-state index contributed by atoms with van der Waals surface area (Å²) in [6.45, 7) is 1.85. The van der Waals surface area contributed by atoms with Crippen LogP contribution in [-0.2, 0) is 0 Å². The zero-order chi connectivity index (χ0) is 21.5. The van der Waals surface area contributed by atoms with Gasteiger partial charge in [0.25, 0.3) is 5.91 Å². The van der Waals surface area contributed by atoms with Crippen LogP contribution in [0.4, 0.5) is 17.5 Å². The first-order chi connectivity index (χ1) is 14.5. The van der Waals surface area contributed by atoms with Gasteiger partial charge in [-0.1, -0.05) is 30.3 Å². The second kappa shape index (κ2) is 10.1. The highest BCUT2D eigenvalue weighted by Crippen LogP contribution is 2.26. The van der Waals surface area contributed by atoms with Gasteiger partial charge in [-0.25, -0.2) is 10.8 Å². The molecule has 0 aliphatic rings. The maximum atomic E-state index is 12.2. The van der Waals surface area contributed by atoms with E-state index in [4.69, 9.17) is 5.84 Å². The maximum Gasteiger partial charge on any atom is 0.270 e. The number of hydrogen-bond donors (Lipinski definition) is 5. The Morgan fingerprint density at radius 3 is 2.63 bits per heavy atom. The third kappa shape index (κ3) is 5.07. The van der Waals surface area contributed by atoms with Gasteiger partial charge in [0.2, 0.25) is 5.95 Å². The van der Waals surface area contributed by atoms with E-state index in [0.29, 0.717) is 5.95 Å². The van der Waals surface area contributed by atoms with Crippen LogP contribution in [0.1, 0.15) is 27.5 Å². The number of aliphatic hydroxyl groups is 1. The predicted octanol–water partition coefficient (Wildman–Crippen LogP) is 3.00. The number of amides is 1. The zero-order valence-electron chi connectivity index (χ0n) is 16.7. The minimum atomic E-state index is -0.533. The Morgan fingerprint density at radius 1 is 1.23 bits per heavy atom. The molecule has 8 nitrogen and oxygen atoms in total. The zero-order valence-corrected chi connectivity index (χ0v) is 17.5. The largest absolute Gasteiger partial charge is 0.394 e. The number of hydrogen-bond acceptors (Lipinski definition) is 8. The average Bonchev–Trinajstić information content (AvgIpc) is 2.78. The molecule has 1 aromatic heterocycles. The summed E-state index contributed by atoms with van der Waals surface area (Å²) >= 11 is 1.68. The number of nitrogens with two attached hydrogens (primary N) is 1. The highest BCUT2D eigenvalue weighted by Gasteiger charge is 2.18. The quantitative estimate of drug-likeness (QED) is 0.162. The molecule has 0 aliphatic heterocycles. The van der Waals surface area contributed by atoms with Crippen molar-refractivity contribution in [2.24, 2.45) is 5.84 Å². The number of rotatable bonds is 8. The summed E-state index contributed by atoms with van der Waals surface area (Å²) in [5.74, 6) is 5.34. The number of aliphatic hydroxyl groups excluding tert-OH is 1. The second-order valence-corrected chi connectivity index (χ2v) is 7.38. The number of carbonyl (C=O) groups excluding carboxylic acids is 1. The second-order valence-electron chi connectivity index (χ2n) is 6.53. The fraction of sp³-hybridized carbons (Fsp3) is 0.190. The van der Waals surface area contributed by atoms with Crippen molar-refractivity contribution in [1.29, 1.82) is 0 Å². The van der Waals surface area contributed by atoms with Crippen LogP contribution in [0.3, 0.4) is 0 Å². The Balaban J connectivity index is 1.91. The van der Waals surface area contributed by atoms with Gasteiger partial charge in [-0.3, -0.25) is 10.2 Å². The van der Waals surface area contributed by atoms with Crippen molar-refractivity contribution in [3.05, 3.63) is 71.4 Å². The third-order valence-corrected chi connectivity index (χ3v) is 5.41. The Morgan fingerprint density at radius 2 is 2.00 bits per heavy atom. The number of anilines is 3. The van der Waals surface area contributed by atoms with Crippen LogP contribution < -0.4 is 21.9 Å². The maximum absolute atomic E-state index is 12.2. The molecule has 0 radical (unpaired) electrons. The van der Waals surface area contributed by atoms with Gasteiger partial charge in [0, 0.05) is 16.8 Å². The van der Waals surface area contributed by atoms with E-state index in [1.54, 1.807) is 11.8 Å². The number of aryl methyl sites for hydroxylation is 1. The van der Waals surface area contributed by atoms with Gasteiger partial charge in [0.1, 0.15) is 11.4 Å². The summed E-state index contributed by atoms with van der Waals surface area (Å²) in [6.07, 6.45) is 3.42. The van der Waals surface area contributed by atoms with Gasteiger partial charge in [0.05, 0.1) is 12.6 Å². The Hall–Kier alpha value is -3.14. The van der Waals surface area contributed by atoms with Gasteiger partial charge in [-0.2, -0.15) is 4.98 Å². The molecule has 2 aromatic carbocycles. The Bertz CT molecular complexity index is 1020.